The van der Waals surface area contributed by atoms with E-state index in [0.29, 0.717) is 135 Å². The van der Waals surface area contributed by atoms with Crippen LogP contribution in [0.2, 0.25) is 0 Å². The maximum Gasteiger partial charge on any atom is 0.150 e. The molecule has 0 heterocycles. The molecule has 0 saturated carbocycles. The molecule has 8 aromatic rings. The summed E-state index contributed by atoms with van der Waals surface area (Å²) in [7, 11) is 13.3. The van der Waals surface area contributed by atoms with Crippen molar-refractivity contribution in [2.45, 2.75) is 209 Å². The van der Waals surface area contributed by atoms with E-state index < -0.39 is 0 Å². The number of hydrogen-bond donors (Lipinski definition) is 0. The van der Waals surface area contributed by atoms with Crippen LogP contribution in [-0.2, 0) is 43.3 Å². The normalized spacial score (nSPS) is 12.3. The van der Waals surface area contributed by atoms with Gasteiger partial charge in [0.05, 0.1) is 146 Å². The topological polar surface area (TPSA) is 73.8 Å². The maximum atomic E-state index is 6.37. The molecule has 0 aromatic heterocycles. The predicted octanol–water partition coefficient (Wildman–Crippen LogP) is 21.6. The quantitative estimate of drug-likeness (QED) is 0.139. The highest BCUT2D eigenvalue weighted by Crippen LogP contribution is 2.41. The number of rotatable bonds is 8. The van der Waals surface area contributed by atoms with Gasteiger partial charge in [-0.2, -0.15) is 0 Å². The van der Waals surface area contributed by atoms with Crippen molar-refractivity contribution in [3.63, 3.8) is 0 Å². The number of hydrogen-bond acceptors (Lipinski definition) is 8. The lowest BCUT2D eigenvalue weighted by Gasteiger charge is -2.22. The van der Waals surface area contributed by atoms with Gasteiger partial charge in [-0.1, -0.05) is 261 Å². The number of ether oxygens (including phenoxy) is 8. The van der Waals surface area contributed by atoms with Crippen LogP contribution in [0.15, 0.2) is 97.1 Å². The molecular weight excluding hydrogens is 1380 g/mol. The molecule has 0 aliphatic heterocycles. The molecule has 16 bridgehead atoms. The van der Waals surface area contributed by atoms with Gasteiger partial charge in [0.2, 0.25) is 0 Å². The Morgan fingerprint density at radius 2 is 0.196 bits per heavy atom. The van der Waals surface area contributed by atoms with Crippen LogP contribution in [0.4, 0.5) is 0 Å². The van der Waals surface area contributed by atoms with E-state index in [2.05, 4.69) is 358 Å². The maximum absolute atomic E-state index is 6.37. The second-order valence-electron chi connectivity index (χ2n) is 36.8. The molecule has 9 rings (SSSR count). The van der Waals surface area contributed by atoms with Crippen molar-refractivity contribution >= 4 is 0 Å². The van der Waals surface area contributed by atoms with Gasteiger partial charge in [0.25, 0.3) is 0 Å². The first-order valence-electron chi connectivity index (χ1n) is 38.1. The minimum atomic E-state index is -0.316. The monoisotopic (exact) mass is 1490 g/mol. The van der Waals surface area contributed by atoms with E-state index in [4.69, 9.17) is 37.9 Å². The minimum absolute atomic E-state index is 0.316. The predicted molar refractivity (Wildman–Crippen MR) is 461 cm³/mol. The first-order chi connectivity index (χ1) is 52.2. The summed E-state index contributed by atoms with van der Waals surface area (Å²) in [5.74, 6) is 61.3. The molecule has 0 amide bonds. The lowest BCUT2D eigenvalue weighted by Crippen LogP contribution is -2.13. The zero-order valence-corrected chi connectivity index (χ0v) is 72.5. The summed E-state index contributed by atoms with van der Waals surface area (Å²) in [6, 6.07) is 33.5. The third-order valence-electron chi connectivity index (χ3n) is 19.9. The van der Waals surface area contributed by atoms with E-state index in [1.807, 2.05) is 0 Å². The van der Waals surface area contributed by atoms with Crippen LogP contribution in [-0.4, -0.2) is 56.9 Å². The molecule has 0 radical (unpaired) electrons. The highest BCUT2D eigenvalue weighted by Gasteiger charge is 2.28. The van der Waals surface area contributed by atoms with E-state index in [9.17, 15) is 0 Å². The third kappa shape index (κ3) is 19.3. The zero-order chi connectivity index (χ0) is 82.8. The van der Waals surface area contributed by atoms with Gasteiger partial charge in [0.15, 0.2) is 0 Å². The van der Waals surface area contributed by atoms with Gasteiger partial charge in [-0.15, -0.1) is 0 Å². The fraction of sp³-hybridized carbons (Fsp3) is 0.385. The van der Waals surface area contributed by atoms with Crippen molar-refractivity contribution in [1.29, 1.82) is 0 Å². The van der Waals surface area contributed by atoms with E-state index >= 15 is 0 Å². The largest absolute Gasteiger partial charge is 0.494 e. The molecule has 0 unspecified atom stereocenters. The Morgan fingerprint density at radius 1 is 0.134 bits per heavy atom. The smallest absolute Gasteiger partial charge is 0.150 e. The minimum Gasteiger partial charge on any atom is -0.494 e. The van der Waals surface area contributed by atoms with Crippen LogP contribution in [0.1, 0.15) is 300 Å². The SMILES string of the molecule is COc1c2cc(C(C)(C)C)cc1C#Cc1cc(C(C)(C)C)cc(c1OC)C#Cc1cc(C(C)(C)C)cc(c1OC)C#Cc1cc(C(C)(C)C)cc(c1OC)C#Cc1cc(C(C)(C)C)cc(c1OC)C#Cc1cc(C(C)(C)C)cc(c1OC)C#Cc1cc(C(C)(C)C)cc(c1OC)C#Cc1cc(C(C)(C)C)cc(c1OC)C#C2. The second kappa shape index (κ2) is 32.5. The lowest BCUT2D eigenvalue weighted by molar-refractivity contribution is 0.410. The van der Waals surface area contributed by atoms with E-state index in [-0.39, 0.29) is 43.3 Å². The Labute approximate surface area is 671 Å². The van der Waals surface area contributed by atoms with Crippen LogP contribution >= 0.6 is 0 Å². The molecule has 0 fully saturated rings. The van der Waals surface area contributed by atoms with Crippen molar-refractivity contribution in [2.75, 3.05) is 56.9 Å². The molecular formula is C104H112O8. The molecule has 1 aliphatic rings. The van der Waals surface area contributed by atoms with Gasteiger partial charge in [-0.3, -0.25) is 0 Å². The molecule has 576 valence electrons. The van der Waals surface area contributed by atoms with E-state index in [1.165, 1.54) is 0 Å². The first-order valence-corrected chi connectivity index (χ1v) is 38.1. The van der Waals surface area contributed by atoms with Crippen LogP contribution in [0.5, 0.6) is 46.0 Å². The first kappa shape index (κ1) is 84.7. The third-order valence-corrected chi connectivity index (χ3v) is 19.9. The van der Waals surface area contributed by atoms with Crippen molar-refractivity contribution in [3.8, 4) is 141 Å². The van der Waals surface area contributed by atoms with Gasteiger partial charge in [-0.25, -0.2) is 0 Å². The Bertz CT molecular complexity index is 4330. The average molecular weight is 1490 g/mol. The van der Waals surface area contributed by atoms with Crippen LogP contribution in [0.25, 0.3) is 0 Å². The van der Waals surface area contributed by atoms with E-state index in [1.54, 1.807) is 56.9 Å². The van der Waals surface area contributed by atoms with E-state index in [0.717, 1.165) is 44.5 Å². The summed E-state index contributed by atoms with van der Waals surface area (Å²) < 4.78 is 50.9. The van der Waals surface area contributed by atoms with Crippen LogP contribution < -0.4 is 37.9 Å². The molecule has 112 heavy (non-hydrogen) atoms. The van der Waals surface area contributed by atoms with Crippen molar-refractivity contribution in [2.24, 2.45) is 0 Å². The van der Waals surface area contributed by atoms with Crippen molar-refractivity contribution < 1.29 is 37.9 Å². The molecule has 0 saturated heterocycles. The number of benzene rings is 8. The summed E-state index contributed by atoms with van der Waals surface area (Å²) in [5.41, 5.74) is 16.0. The highest BCUT2D eigenvalue weighted by molar-refractivity contribution is 5.72. The van der Waals surface area contributed by atoms with Gasteiger partial charge in [-0.05, 0) is 185 Å². The second-order valence-corrected chi connectivity index (χ2v) is 36.8. The van der Waals surface area contributed by atoms with Gasteiger partial charge in [0.1, 0.15) is 46.0 Å². The van der Waals surface area contributed by atoms with Gasteiger partial charge in [0, 0.05) is 0 Å². The molecule has 0 atom stereocenters. The summed E-state index contributed by atoms with van der Waals surface area (Å²) in [6.45, 7) is 52.3. The van der Waals surface area contributed by atoms with Crippen molar-refractivity contribution in [3.05, 3.63) is 231 Å². The molecule has 8 nitrogen and oxygen atoms in total. The fourth-order valence-corrected chi connectivity index (χ4v) is 12.8. The lowest BCUT2D eigenvalue weighted by atomic mass is 9.83. The zero-order valence-electron chi connectivity index (χ0n) is 72.5. The summed E-state index contributed by atoms with van der Waals surface area (Å²) >= 11 is 0. The Balaban J connectivity index is 1.42. The number of fused-ring (bicyclic) bond motifs is 16. The average Bonchev–Trinajstić information content (AvgIpc) is 0.794. The van der Waals surface area contributed by atoms with Gasteiger partial charge < -0.3 is 37.9 Å². The number of methoxy groups -OCH3 is 8. The Morgan fingerprint density at radius 3 is 0.241 bits per heavy atom. The standard InChI is InChI=1S/C104H112O8/c1-97(2,3)81-49-65-33-35-67-51-82(98(4,5)6)53-69(90(67)106-26)37-39-71-55-84(100(10,11)12)57-73(92(71)108-28)41-43-75-59-86(102(16,17)18)61-77(94(75)110-30)45-47-79-63-88(104(22,23)24)64-80(96(79)112-32)48-46-78-62-87(103(19,20)21)60-76(95(78)111-31)44-42-74-58-85(101(13,14)15)56-72(93(74)109-29)40-38-70-54-83(99(7,8)9)52-68(91(70)107-27)36-34-66(50-81)89(65)105-25/h49-64H,1-32H3. The molecule has 1 aliphatic carbocycles. The van der Waals surface area contributed by atoms with Crippen LogP contribution in [0, 0.1) is 94.7 Å². The van der Waals surface area contributed by atoms with Crippen LogP contribution in [0.3, 0.4) is 0 Å². The highest BCUT2D eigenvalue weighted by atomic mass is 16.5. The van der Waals surface area contributed by atoms with Crippen molar-refractivity contribution in [1.82, 2.24) is 0 Å². The Kier molecular flexibility index (Phi) is 24.6. The Hall–Kier alpha value is -11.4. The fourth-order valence-electron chi connectivity index (χ4n) is 12.8. The molecule has 0 N–H and O–H groups in total. The summed E-state index contributed by atoms with van der Waals surface area (Å²) in [6.07, 6.45) is 0. The summed E-state index contributed by atoms with van der Waals surface area (Å²) in [5, 5.41) is 0. The molecule has 8 aromatic carbocycles. The van der Waals surface area contributed by atoms with Gasteiger partial charge >= 0.3 is 0 Å². The summed E-state index contributed by atoms with van der Waals surface area (Å²) in [4.78, 5) is 0. The molecule has 0 spiro atoms. The molecule has 8 heteroatoms.